The zero-order chi connectivity index (χ0) is 17.3. The minimum absolute atomic E-state index is 0.143. The molecule has 1 aliphatic heterocycles. The fourth-order valence-corrected chi connectivity index (χ4v) is 3.73. The van der Waals surface area contributed by atoms with E-state index in [0.717, 1.165) is 10.8 Å². The summed E-state index contributed by atoms with van der Waals surface area (Å²) in [6.07, 6.45) is 1.46. The molecule has 0 fully saturated rings. The van der Waals surface area contributed by atoms with E-state index in [9.17, 15) is 13.2 Å². The van der Waals surface area contributed by atoms with Crippen molar-refractivity contribution < 1.29 is 22.7 Å². The minimum Gasteiger partial charge on any atom is -0.497 e. The predicted molar refractivity (Wildman–Crippen MR) is 89.0 cm³/mol. The molecular weight excluding hydrogens is 332 g/mol. The van der Waals surface area contributed by atoms with Gasteiger partial charge in [-0.25, -0.2) is 13.4 Å². The number of carbonyl (C=O) groups excluding carboxylic acids is 1. The standard InChI is InChI=1S/C16H16N2O5S/c1-22-12-3-4-14-10(7-12)8-13(16(18-14)23-2)15(19)17-11-5-6-24(20,21)9-11/h3-8,11H,9H2,1-2H3,(H,17,19). The number of nitrogens with one attached hydrogen (secondary N) is 1. The highest BCUT2D eigenvalue weighted by molar-refractivity contribution is 7.94. The number of carbonyl (C=O) groups is 1. The monoisotopic (exact) mass is 348 g/mol. The lowest BCUT2D eigenvalue weighted by Crippen LogP contribution is -2.35. The summed E-state index contributed by atoms with van der Waals surface area (Å²) in [7, 11) is -0.262. The molecule has 1 aromatic heterocycles. The highest BCUT2D eigenvalue weighted by Gasteiger charge is 2.25. The van der Waals surface area contributed by atoms with Crippen LogP contribution in [0.2, 0.25) is 0 Å². The maximum Gasteiger partial charge on any atom is 0.257 e. The number of hydrogen-bond acceptors (Lipinski definition) is 6. The molecule has 24 heavy (non-hydrogen) atoms. The highest BCUT2D eigenvalue weighted by Crippen LogP contribution is 2.25. The number of fused-ring (bicyclic) bond motifs is 1. The minimum atomic E-state index is -3.24. The van der Waals surface area contributed by atoms with Crippen LogP contribution in [0, 0.1) is 0 Å². The van der Waals surface area contributed by atoms with E-state index in [-0.39, 0.29) is 17.2 Å². The van der Waals surface area contributed by atoms with Crippen molar-refractivity contribution in [3.8, 4) is 11.6 Å². The molecule has 1 aromatic carbocycles. The van der Waals surface area contributed by atoms with Crippen molar-refractivity contribution in [2.75, 3.05) is 20.0 Å². The molecule has 2 heterocycles. The molecule has 0 spiro atoms. The van der Waals surface area contributed by atoms with Crippen LogP contribution in [0.15, 0.2) is 35.7 Å². The van der Waals surface area contributed by atoms with Crippen molar-refractivity contribution in [3.05, 3.63) is 41.3 Å². The van der Waals surface area contributed by atoms with Crippen LogP contribution in [0.4, 0.5) is 0 Å². The molecular formula is C16H16N2O5S. The molecule has 8 heteroatoms. The van der Waals surface area contributed by atoms with Crippen molar-refractivity contribution in [1.82, 2.24) is 10.3 Å². The van der Waals surface area contributed by atoms with Crippen LogP contribution in [0.1, 0.15) is 10.4 Å². The summed E-state index contributed by atoms with van der Waals surface area (Å²) in [5.74, 6) is 0.229. The first kappa shape index (κ1) is 16.3. The number of sulfone groups is 1. The first-order valence-electron chi connectivity index (χ1n) is 7.16. The number of aromatic nitrogens is 1. The SMILES string of the molecule is COc1ccc2nc(OC)c(C(=O)NC3C=CS(=O)(=O)C3)cc2c1. The van der Waals surface area contributed by atoms with E-state index >= 15 is 0 Å². The van der Waals surface area contributed by atoms with Gasteiger partial charge in [-0.3, -0.25) is 4.79 Å². The van der Waals surface area contributed by atoms with Gasteiger partial charge in [-0.15, -0.1) is 0 Å². The summed E-state index contributed by atoms with van der Waals surface area (Å²) in [4.78, 5) is 16.8. The second-order valence-corrected chi connectivity index (χ2v) is 7.27. The molecule has 1 atom stereocenters. The quantitative estimate of drug-likeness (QED) is 0.895. The van der Waals surface area contributed by atoms with Gasteiger partial charge in [0, 0.05) is 10.8 Å². The van der Waals surface area contributed by atoms with Gasteiger partial charge in [-0.05, 0) is 30.3 Å². The van der Waals surface area contributed by atoms with E-state index in [4.69, 9.17) is 9.47 Å². The Morgan fingerprint density at radius 3 is 2.67 bits per heavy atom. The lowest BCUT2D eigenvalue weighted by Gasteiger charge is -2.13. The maximum absolute atomic E-state index is 12.5. The first-order valence-corrected chi connectivity index (χ1v) is 8.88. The highest BCUT2D eigenvalue weighted by atomic mass is 32.2. The third-order valence-electron chi connectivity index (χ3n) is 3.67. The molecule has 126 valence electrons. The van der Waals surface area contributed by atoms with Crippen LogP contribution in [-0.4, -0.2) is 45.3 Å². The maximum atomic E-state index is 12.5. The average molecular weight is 348 g/mol. The summed E-state index contributed by atoms with van der Waals surface area (Å²) in [5.41, 5.74) is 0.892. The second-order valence-electron chi connectivity index (χ2n) is 5.34. The van der Waals surface area contributed by atoms with E-state index in [1.807, 2.05) is 0 Å². The van der Waals surface area contributed by atoms with Crippen molar-refractivity contribution in [1.29, 1.82) is 0 Å². The molecule has 0 bridgehead atoms. The third kappa shape index (κ3) is 3.18. The van der Waals surface area contributed by atoms with Crippen LogP contribution >= 0.6 is 0 Å². The van der Waals surface area contributed by atoms with E-state index in [1.165, 1.54) is 13.2 Å². The number of ether oxygens (including phenoxy) is 2. The number of benzene rings is 1. The Hall–Kier alpha value is -2.61. The lowest BCUT2D eigenvalue weighted by molar-refractivity contribution is 0.0944. The van der Waals surface area contributed by atoms with Gasteiger partial charge < -0.3 is 14.8 Å². The molecule has 0 radical (unpaired) electrons. The van der Waals surface area contributed by atoms with E-state index in [2.05, 4.69) is 10.3 Å². The molecule has 2 aromatic rings. The number of hydrogen-bond donors (Lipinski definition) is 1. The van der Waals surface area contributed by atoms with Gasteiger partial charge >= 0.3 is 0 Å². The summed E-state index contributed by atoms with van der Waals surface area (Å²) in [5, 5.41) is 4.49. The van der Waals surface area contributed by atoms with E-state index < -0.39 is 21.8 Å². The molecule has 1 unspecified atom stereocenters. The predicted octanol–water partition coefficient (Wildman–Crippen LogP) is 1.29. The van der Waals surface area contributed by atoms with Crippen molar-refractivity contribution in [2.24, 2.45) is 0 Å². The number of pyridine rings is 1. The van der Waals surface area contributed by atoms with Crippen LogP contribution in [-0.2, 0) is 9.84 Å². The molecule has 3 rings (SSSR count). The smallest absolute Gasteiger partial charge is 0.257 e. The van der Waals surface area contributed by atoms with Crippen LogP contribution < -0.4 is 14.8 Å². The molecule has 7 nitrogen and oxygen atoms in total. The number of methoxy groups -OCH3 is 2. The topological polar surface area (TPSA) is 94.6 Å². The van der Waals surface area contributed by atoms with E-state index in [1.54, 1.807) is 31.4 Å². The Kier molecular flexibility index (Phi) is 4.15. The van der Waals surface area contributed by atoms with Crippen LogP contribution in [0.25, 0.3) is 10.9 Å². The van der Waals surface area contributed by atoms with Gasteiger partial charge in [0.1, 0.15) is 11.3 Å². The van der Waals surface area contributed by atoms with Crippen molar-refractivity contribution in [3.63, 3.8) is 0 Å². The Balaban J connectivity index is 1.94. The van der Waals surface area contributed by atoms with Gasteiger partial charge in [0.2, 0.25) is 5.88 Å². The molecule has 0 saturated carbocycles. The Bertz CT molecular complexity index is 937. The molecule has 0 saturated heterocycles. The zero-order valence-electron chi connectivity index (χ0n) is 13.1. The number of rotatable bonds is 4. The Morgan fingerprint density at radius 2 is 2.04 bits per heavy atom. The summed E-state index contributed by atoms with van der Waals surface area (Å²) < 4.78 is 33.2. The fraction of sp³-hybridized carbons (Fsp3) is 0.250. The summed E-state index contributed by atoms with van der Waals surface area (Å²) in [6, 6.07) is 6.38. The third-order valence-corrected chi connectivity index (χ3v) is 5.07. The van der Waals surface area contributed by atoms with Gasteiger partial charge in [0.05, 0.1) is 31.5 Å². The Morgan fingerprint density at radius 1 is 1.25 bits per heavy atom. The van der Waals surface area contributed by atoms with Crippen LogP contribution in [0.3, 0.4) is 0 Å². The lowest BCUT2D eigenvalue weighted by atomic mass is 10.1. The normalized spacial score (nSPS) is 18.5. The fourth-order valence-electron chi connectivity index (χ4n) is 2.49. The first-order chi connectivity index (χ1) is 11.4. The van der Waals surface area contributed by atoms with Gasteiger partial charge in [-0.2, -0.15) is 0 Å². The molecule has 1 aliphatic rings. The summed E-state index contributed by atoms with van der Waals surface area (Å²) in [6.45, 7) is 0. The van der Waals surface area contributed by atoms with E-state index in [0.29, 0.717) is 11.3 Å². The zero-order valence-corrected chi connectivity index (χ0v) is 14.0. The van der Waals surface area contributed by atoms with Gasteiger partial charge in [0.15, 0.2) is 9.84 Å². The van der Waals surface area contributed by atoms with Crippen molar-refractivity contribution in [2.45, 2.75) is 6.04 Å². The number of amides is 1. The molecule has 0 aliphatic carbocycles. The van der Waals surface area contributed by atoms with Crippen molar-refractivity contribution >= 4 is 26.6 Å². The number of nitrogens with zero attached hydrogens (tertiary/aromatic N) is 1. The summed E-state index contributed by atoms with van der Waals surface area (Å²) >= 11 is 0. The van der Waals surface area contributed by atoms with Gasteiger partial charge in [-0.1, -0.05) is 0 Å². The average Bonchev–Trinajstić information content (AvgIpc) is 2.91. The van der Waals surface area contributed by atoms with Crippen LogP contribution in [0.5, 0.6) is 11.6 Å². The molecule has 1 N–H and O–H groups in total. The molecule has 1 amide bonds. The van der Waals surface area contributed by atoms with Gasteiger partial charge in [0.25, 0.3) is 5.91 Å². The largest absolute Gasteiger partial charge is 0.497 e. The second kappa shape index (κ2) is 6.12. The Labute approximate surface area is 139 Å².